The first-order valence-electron chi connectivity index (χ1n) is 3.84. The van der Waals surface area contributed by atoms with E-state index in [1.807, 2.05) is 6.07 Å². The van der Waals surface area contributed by atoms with Crippen LogP contribution in [0.2, 0.25) is 0 Å². The summed E-state index contributed by atoms with van der Waals surface area (Å²) in [5.74, 6) is -0.127. The van der Waals surface area contributed by atoms with E-state index < -0.39 is 0 Å². The Balaban J connectivity index is 2.60. The highest BCUT2D eigenvalue weighted by Crippen LogP contribution is 2.22. The van der Waals surface area contributed by atoms with Crippen LogP contribution < -0.4 is 5.46 Å². The number of halogens is 1. The Morgan fingerprint density at radius 3 is 2.91 bits per heavy atom. The maximum absolute atomic E-state index is 13.1. The van der Waals surface area contributed by atoms with Crippen LogP contribution in [0, 0.1) is 5.82 Å². The van der Waals surface area contributed by atoms with Crippen molar-refractivity contribution in [2.45, 2.75) is 19.3 Å². The average Bonchev–Trinajstić information content (AvgIpc) is 2.34. The lowest BCUT2D eigenvalue weighted by molar-refractivity contribution is 0.614. The highest BCUT2D eigenvalue weighted by molar-refractivity contribution is 6.32. The van der Waals surface area contributed by atoms with Crippen molar-refractivity contribution in [1.82, 2.24) is 0 Å². The van der Waals surface area contributed by atoms with Crippen molar-refractivity contribution >= 4 is 13.3 Å². The second-order valence-corrected chi connectivity index (χ2v) is 2.99. The maximum Gasteiger partial charge on any atom is 0.126 e. The number of hydrogen-bond acceptors (Lipinski definition) is 0. The molecule has 0 saturated heterocycles. The first kappa shape index (κ1) is 6.90. The third kappa shape index (κ3) is 1.07. The molecule has 1 aliphatic carbocycles. The molecule has 0 atom stereocenters. The Labute approximate surface area is 66.8 Å². The predicted molar refractivity (Wildman–Crippen MR) is 43.8 cm³/mol. The average molecular weight is 146 g/mol. The molecule has 1 aromatic rings. The van der Waals surface area contributed by atoms with Crippen LogP contribution in [-0.2, 0) is 12.8 Å². The molecule has 0 spiro atoms. The summed E-state index contributed by atoms with van der Waals surface area (Å²) < 4.78 is 13.1. The van der Waals surface area contributed by atoms with E-state index in [9.17, 15) is 4.39 Å². The molecule has 0 nitrogen and oxygen atoms in total. The van der Waals surface area contributed by atoms with Gasteiger partial charge < -0.3 is 0 Å². The summed E-state index contributed by atoms with van der Waals surface area (Å²) in [5.41, 5.74) is 2.52. The second-order valence-electron chi connectivity index (χ2n) is 2.99. The van der Waals surface area contributed by atoms with Crippen LogP contribution in [0.1, 0.15) is 17.5 Å². The van der Waals surface area contributed by atoms with Crippen LogP contribution in [0.15, 0.2) is 12.1 Å². The Morgan fingerprint density at radius 2 is 2.09 bits per heavy atom. The Bertz CT molecular complexity index is 294. The minimum absolute atomic E-state index is 0.127. The molecular weight excluding hydrogens is 138 g/mol. The molecule has 0 aromatic heterocycles. The van der Waals surface area contributed by atoms with Crippen LogP contribution in [-0.4, -0.2) is 7.85 Å². The normalized spacial score (nSPS) is 15.0. The Kier molecular flexibility index (Phi) is 1.48. The highest BCUT2D eigenvalue weighted by atomic mass is 19.1. The van der Waals surface area contributed by atoms with E-state index in [2.05, 4.69) is 0 Å². The standard InChI is InChI=1S/C9H8BF/c10-7-4-6-2-1-3-8(6)9(11)5-7/h4-5H,1-3H2. The van der Waals surface area contributed by atoms with Gasteiger partial charge in [-0.25, -0.2) is 4.39 Å². The molecule has 0 aliphatic heterocycles. The number of benzene rings is 1. The highest BCUT2D eigenvalue weighted by Gasteiger charge is 2.14. The summed E-state index contributed by atoms with van der Waals surface area (Å²) in [6.45, 7) is 0. The molecule has 0 heterocycles. The topological polar surface area (TPSA) is 0 Å². The number of aryl methyl sites for hydroxylation is 1. The molecule has 1 aliphatic rings. The van der Waals surface area contributed by atoms with E-state index in [-0.39, 0.29) is 5.82 Å². The van der Waals surface area contributed by atoms with Gasteiger partial charge >= 0.3 is 0 Å². The maximum atomic E-state index is 13.1. The van der Waals surface area contributed by atoms with Crippen molar-refractivity contribution in [1.29, 1.82) is 0 Å². The third-order valence-corrected chi connectivity index (χ3v) is 2.18. The summed E-state index contributed by atoms with van der Waals surface area (Å²) >= 11 is 0. The first-order chi connectivity index (χ1) is 5.27. The van der Waals surface area contributed by atoms with Gasteiger partial charge in [-0.15, -0.1) is 0 Å². The zero-order valence-corrected chi connectivity index (χ0v) is 6.23. The van der Waals surface area contributed by atoms with Gasteiger partial charge in [0.15, 0.2) is 0 Å². The molecule has 54 valence electrons. The van der Waals surface area contributed by atoms with E-state index in [1.165, 1.54) is 6.07 Å². The Morgan fingerprint density at radius 1 is 1.27 bits per heavy atom. The molecule has 0 unspecified atom stereocenters. The van der Waals surface area contributed by atoms with Crippen LogP contribution in [0.25, 0.3) is 0 Å². The first-order valence-corrected chi connectivity index (χ1v) is 3.84. The molecule has 0 bridgehead atoms. The van der Waals surface area contributed by atoms with E-state index in [1.54, 1.807) is 0 Å². The van der Waals surface area contributed by atoms with E-state index in [0.717, 1.165) is 30.4 Å². The zero-order chi connectivity index (χ0) is 7.84. The molecular formula is C9H8BF. The van der Waals surface area contributed by atoms with Crippen molar-refractivity contribution in [2.24, 2.45) is 0 Å². The molecule has 0 saturated carbocycles. The van der Waals surface area contributed by atoms with Gasteiger partial charge in [-0.3, -0.25) is 0 Å². The molecule has 11 heavy (non-hydrogen) atoms. The number of fused-ring (bicyclic) bond motifs is 1. The van der Waals surface area contributed by atoms with Gasteiger partial charge in [0.2, 0.25) is 0 Å². The molecule has 0 fully saturated rings. The van der Waals surface area contributed by atoms with Gasteiger partial charge in [0, 0.05) is 0 Å². The van der Waals surface area contributed by atoms with Gasteiger partial charge in [-0.2, -0.15) is 0 Å². The Hall–Kier alpha value is -0.785. The smallest absolute Gasteiger partial charge is 0.126 e. The minimum atomic E-state index is -0.127. The molecule has 0 amide bonds. The van der Waals surface area contributed by atoms with E-state index in [4.69, 9.17) is 7.85 Å². The summed E-state index contributed by atoms with van der Waals surface area (Å²) in [6, 6.07) is 3.29. The lowest BCUT2D eigenvalue weighted by atomic mass is 9.92. The van der Waals surface area contributed by atoms with Crippen LogP contribution in [0.5, 0.6) is 0 Å². The summed E-state index contributed by atoms with van der Waals surface area (Å²) in [4.78, 5) is 0. The SMILES string of the molecule is [B]c1cc(F)c2c(c1)CCC2. The largest absolute Gasteiger partial charge is 0.207 e. The number of hydrogen-bond donors (Lipinski definition) is 0. The van der Waals surface area contributed by atoms with Gasteiger partial charge in [-0.1, -0.05) is 11.5 Å². The quantitative estimate of drug-likeness (QED) is 0.481. The molecule has 2 radical (unpaired) electrons. The van der Waals surface area contributed by atoms with Crippen LogP contribution in [0.3, 0.4) is 0 Å². The van der Waals surface area contributed by atoms with Crippen LogP contribution >= 0.6 is 0 Å². The van der Waals surface area contributed by atoms with Crippen molar-refractivity contribution in [3.8, 4) is 0 Å². The predicted octanol–water partition coefficient (Wildman–Crippen LogP) is 1.11. The monoisotopic (exact) mass is 146 g/mol. The van der Waals surface area contributed by atoms with Crippen molar-refractivity contribution in [2.75, 3.05) is 0 Å². The van der Waals surface area contributed by atoms with E-state index in [0.29, 0.717) is 5.46 Å². The fourth-order valence-corrected chi connectivity index (χ4v) is 1.68. The van der Waals surface area contributed by atoms with Gasteiger partial charge in [-0.05, 0) is 36.5 Å². The molecule has 0 N–H and O–H groups in total. The van der Waals surface area contributed by atoms with Crippen molar-refractivity contribution in [3.63, 3.8) is 0 Å². The molecule has 1 aromatic carbocycles. The van der Waals surface area contributed by atoms with Crippen molar-refractivity contribution < 1.29 is 4.39 Å². The molecule has 2 rings (SSSR count). The third-order valence-electron chi connectivity index (χ3n) is 2.18. The van der Waals surface area contributed by atoms with Crippen molar-refractivity contribution in [3.05, 3.63) is 29.1 Å². The lowest BCUT2D eigenvalue weighted by Crippen LogP contribution is -2.05. The van der Waals surface area contributed by atoms with Gasteiger partial charge in [0.25, 0.3) is 0 Å². The minimum Gasteiger partial charge on any atom is -0.207 e. The second kappa shape index (κ2) is 2.37. The summed E-state index contributed by atoms with van der Waals surface area (Å²) in [7, 11) is 5.49. The van der Waals surface area contributed by atoms with Gasteiger partial charge in [0.05, 0.1) is 0 Å². The lowest BCUT2D eigenvalue weighted by Gasteiger charge is -2.01. The van der Waals surface area contributed by atoms with E-state index >= 15 is 0 Å². The molecule has 2 heteroatoms. The fourth-order valence-electron chi connectivity index (χ4n) is 1.68. The van der Waals surface area contributed by atoms with Crippen LogP contribution in [0.4, 0.5) is 4.39 Å². The zero-order valence-electron chi connectivity index (χ0n) is 6.23. The summed E-state index contributed by atoms with van der Waals surface area (Å²) in [5, 5.41) is 0. The van der Waals surface area contributed by atoms with Gasteiger partial charge in [0.1, 0.15) is 13.7 Å². The number of rotatable bonds is 0. The fraction of sp³-hybridized carbons (Fsp3) is 0.333. The summed E-state index contributed by atoms with van der Waals surface area (Å²) in [6.07, 6.45) is 2.93.